The van der Waals surface area contributed by atoms with Crippen molar-refractivity contribution in [3.05, 3.63) is 22.7 Å². The molecule has 0 radical (unpaired) electrons. The summed E-state index contributed by atoms with van der Waals surface area (Å²) in [6.45, 7) is 1.87. The number of nitrogens with zero attached hydrogens (tertiary/aromatic N) is 1. The average Bonchev–Trinajstić information content (AvgIpc) is 2.57. The summed E-state index contributed by atoms with van der Waals surface area (Å²) in [5.74, 6) is 0. The molecule has 2 N–H and O–H groups in total. The number of anilines is 1. The maximum atomic E-state index is 12.4. The van der Waals surface area contributed by atoms with E-state index >= 15 is 0 Å². The molecule has 0 saturated carbocycles. The fourth-order valence-corrected chi connectivity index (χ4v) is 3.79. The molecule has 1 fully saturated rings. The number of nitrogens with two attached hydrogens (primary N) is 1. The molecular formula is C11H15BrN2O3S. The highest BCUT2D eigenvalue weighted by Crippen LogP contribution is 2.26. The largest absolute Gasteiger partial charge is 0.398 e. The second-order valence-electron chi connectivity index (χ2n) is 4.05. The van der Waals surface area contributed by atoms with Gasteiger partial charge in [0.25, 0.3) is 0 Å². The van der Waals surface area contributed by atoms with Crippen LogP contribution in [0.3, 0.4) is 0 Å². The molecule has 1 aliphatic heterocycles. The van der Waals surface area contributed by atoms with Gasteiger partial charge in [-0.2, -0.15) is 4.31 Å². The van der Waals surface area contributed by atoms with E-state index in [9.17, 15) is 8.42 Å². The summed E-state index contributed by atoms with van der Waals surface area (Å²) in [7, 11) is -3.53. The Morgan fingerprint density at radius 1 is 1.28 bits per heavy atom. The maximum absolute atomic E-state index is 12.4. The van der Waals surface area contributed by atoms with Crippen LogP contribution in [0, 0.1) is 0 Å². The number of hydrogen-bond donors (Lipinski definition) is 1. The average molecular weight is 335 g/mol. The first-order valence-corrected chi connectivity index (χ1v) is 7.88. The summed E-state index contributed by atoms with van der Waals surface area (Å²) in [6, 6.07) is 4.80. The lowest BCUT2D eigenvalue weighted by Gasteiger charge is -2.20. The van der Waals surface area contributed by atoms with Gasteiger partial charge in [-0.1, -0.05) is 15.9 Å². The summed E-state index contributed by atoms with van der Waals surface area (Å²) in [6.07, 6.45) is 0.704. The molecule has 0 atom stereocenters. The van der Waals surface area contributed by atoms with Crippen LogP contribution in [0.1, 0.15) is 6.42 Å². The fourth-order valence-electron chi connectivity index (χ4n) is 1.86. The molecular weight excluding hydrogens is 320 g/mol. The topological polar surface area (TPSA) is 72.6 Å². The van der Waals surface area contributed by atoms with E-state index in [2.05, 4.69) is 15.9 Å². The quantitative estimate of drug-likeness (QED) is 0.830. The van der Waals surface area contributed by atoms with Crippen LogP contribution in [0.25, 0.3) is 0 Å². The van der Waals surface area contributed by atoms with Crippen molar-refractivity contribution in [3.63, 3.8) is 0 Å². The molecule has 2 rings (SSSR count). The van der Waals surface area contributed by atoms with Crippen molar-refractivity contribution in [3.8, 4) is 0 Å². The number of ether oxygens (including phenoxy) is 1. The van der Waals surface area contributed by atoms with Gasteiger partial charge in [-0.3, -0.25) is 0 Å². The molecule has 1 heterocycles. The van der Waals surface area contributed by atoms with Gasteiger partial charge in [-0.05, 0) is 24.6 Å². The van der Waals surface area contributed by atoms with Gasteiger partial charge in [0.1, 0.15) is 4.90 Å². The van der Waals surface area contributed by atoms with Crippen molar-refractivity contribution in [1.29, 1.82) is 0 Å². The molecule has 0 bridgehead atoms. The lowest BCUT2D eigenvalue weighted by atomic mass is 10.3. The van der Waals surface area contributed by atoms with Gasteiger partial charge < -0.3 is 10.5 Å². The summed E-state index contributed by atoms with van der Waals surface area (Å²) < 4.78 is 32.3. The maximum Gasteiger partial charge on any atom is 0.245 e. The predicted molar refractivity (Wildman–Crippen MR) is 72.7 cm³/mol. The first-order chi connectivity index (χ1) is 8.51. The Hall–Kier alpha value is -0.630. The van der Waals surface area contributed by atoms with Gasteiger partial charge in [0.05, 0.1) is 12.3 Å². The number of nitrogen functional groups attached to an aromatic ring is 1. The molecule has 0 aliphatic carbocycles. The zero-order valence-corrected chi connectivity index (χ0v) is 12.2. The minimum absolute atomic E-state index is 0.160. The third-order valence-corrected chi connectivity index (χ3v) is 5.24. The first-order valence-electron chi connectivity index (χ1n) is 5.65. The Bertz CT molecular complexity index is 525. The third kappa shape index (κ3) is 2.85. The van der Waals surface area contributed by atoms with Crippen LogP contribution in [-0.2, 0) is 14.8 Å². The molecule has 0 unspecified atom stereocenters. The van der Waals surface area contributed by atoms with Crippen molar-refractivity contribution in [1.82, 2.24) is 4.31 Å². The van der Waals surface area contributed by atoms with E-state index in [0.29, 0.717) is 32.7 Å². The minimum Gasteiger partial charge on any atom is -0.398 e. The van der Waals surface area contributed by atoms with Crippen molar-refractivity contribution in [2.24, 2.45) is 0 Å². The minimum atomic E-state index is -3.53. The zero-order valence-electron chi connectivity index (χ0n) is 9.80. The summed E-state index contributed by atoms with van der Waals surface area (Å²) in [5.41, 5.74) is 6.04. The molecule has 7 heteroatoms. The van der Waals surface area contributed by atoms with E-state index in [0.717, 1.165) is 4.47 Å². The highest BCUT2D eigenvalue weighted by molar-refractivity contribution is 9.10. The van der Waals surface area contributed by atoms with Crippen LogP contribution in [0.4, 0.5) is 5.69 Å². The normalized spacial score (nSPS) is 18.5. The molecule has 100 valence electrons. The highest BCUT2D eigenvalue weighted by atomic mass is 79.9. The van der Waals surface area contributed by atoms with E-state index in [1.807, 2.05) is 0 Å². The Morgan fingerprint density at radius 3 is 2.78 bits per heavy atom. The zero-order chi connectivity index (χ0) is 13.2. The predicted octanol–water partition coefficient (Wildman–Crippen LogP) is 1.44. The first kappa shape index (κ1) is 13.8. The highest BCUT2D eigenvalue weighted by Gasteiger charge is 2.27. The van der Waals surface area contributed by atoms with Crippen LogP contribution in [-0.4, -0.2) is 39.0 Å². The smallest absolute Gasteiger partial charge is 0.245 e. The third-order valence-electron chi connectivity index (χ3n) is 2.77. The number of benzene rings is 1. The van der Waals surface area contributed by atoms with Crippen molar-refractivity contribution in [2.45, 2.75) is 11.3 Å². The Kier molecular flexibility index (Phi) is 4.26. The standard InChI is InChI=1S/C11H15BrN2O3S/c12-9-2-3-11(10(13)8-9)18(15,16)14-4-1-6-17-7-5-14/h2-3,8H,1,4-7,13H2. The fraction of sp³-hybridized carbons (Fsp3) is 0.455. The number of sulfonamides is 1. The molecule has 1 aliphatic rings. The molecule has 18 heavy (non-hydrogen) atoms. The molecule has 0 spiro atoms. The van der Waals surface area contributed by atoms with Crippen molar-refractivity contribution >= 4 is 31.6 Å². The molecule has 1 aromatic carbocycles. The van der Waals surface area contributed by atoms with Crippen LogP contribution in [0.15, 0.2) is 27.6 Å². The summed E-state index contributed by atoms with van der Waals surface area (Å²) in [5, 5.41) is 0. The Balaban J connectivity index is 2.34. The van der Waals surface area contributed by atoms with Gasteiger partial charge in [-0.15, -0.1) is 0 Å². The van der Waals surface area contributed by atoms with Crippen LogP contribution in [0.2, 0.25) is 0 Å². The van der Waals surface area contributed by atoms with E-state index in [1.165, 1.54) is 10.4 Å². The van der Waals surface area contributed by atoms with Crippen molar-refractivity contribution in [2.75, 3.05) is 32.0 Å². The van der Waals surface area contributed by atoms with E-state index < -0.39 is 10.0 Å². The van der Waals surface area contributed by atoms with Gasteiger partial charge in [0.2, 0.25) is 10.0 Å². The van der Waals surface area contributed by atoms with Gasteiger partial charge in [-0.25, -0.2) is 8.42 Å². The van der Waals surface area contributed by atoms with Gasteiger partial charge >= 0.3 is 0 Å². The van der Waals surface area contributed by atoms with Crippen LogP contribution >= 0.6 is 15.9 Å². The van der Waals surface area contributed by atoms with E-state index in [-0.39, 0.29) is 10.6 Å². The lowest BCUT2D eigenvalue weighted by molar-refractivity contribution is 0.148. The Morgan fingerprint density at radius 2 is 2.06 bits per heavy atom. The van der Waals surface area contributed by atoms with Crippen LogP contribution < -0.4 is 5.73 Å². The Labute approximate surface area is 115 Å². The number of hydrogen-bond acceptors (Lipinski definition) is 4. The molecule has 1 aromatic rings. The summed E-state index contributed by atoms with van der Waals surface area (Å²) in [4.78, 5) is 0.160. The van der Waals surface area contributed by atoms with Gasteiger partial charge in [0.15, 0.2) is 0 Å². The van der Waals surface area contributed by atoms with E-state index in [1.54, 1.807) is 12.1 Å². The molecule has 0 amide bonds. The SMILES string of the molecule is Nc1cc(Br)ccc1S(=O)(=O)N1CCCOCC1. The second-order valence-corrected chi connectivity index (χ2v) is 6.87. The van der Waals surface area contributed by atoms with Crippen molar-refractivity contribution < 1.29 is 13.2 Å². The lowest BCUT2D eigenvalue weighted by Crippen LogP contribution is -2.33. The monoisotopic (exact) mass is 334 g/mol. The van der Waals surface area contributed by atoms with E-state index in [4.69, 9.17) is 10.5 Å². The molecule has 1 saturated heterocycles. The summed E-state index contributed by atoms with van der Waals surface area (Å²) >= 11 is 3.26. The van der Waals surface area contributed by atoms with Gasteiger partial charge in [0, 0.05) is 24.2 Å². The van der Waals surface area contributed by atoms with Crippen LogP contribution in [0.5, 0.6) is 0 Å². The number of halogens is 1. The molecule has 5 nitrogen and oxygen atoms in total. The number of rotatable bonds is 2. The molecule has 0 aromatic heterocycles. The second kappa shape index (κ2) is 5.56.